The summed E-state index contributed by atoms with van der Waals surface area (Å²) in [4.78, 5) is 24.4. The van der Waals surface area contributed by atoms with Gasteiger partial charge in [-0.3, -0.25) is 14.8 Å². The van der Waals surface area contributed by atoms with E-state index >= 15 is 0 Å². The average Bonchev–Trinajstić information content (AvgIpc) is 2.88. The van der Waals surface area contributed by atoms with Crippen molar-refractivity contribution in [3.63, 3.8) is 0 Å². The van der Waals surface area contributed by atoms with Crippen molar-refractivity contribution >= 4 is 16.8 Å². The number of benzene rings is 2. The van der Waals surface area contributed by atoms with Crippen LogP contribution < -0.4 is 0 Å². The fourth-order valence-corrected chi connectivity index (χ4v) is 4.94. The lowest BCUT2D eigenvalue weighted by Gasteiger charge is -2.37. The van der Waals surface area contributed by atoms with Crippen LogP contribution in [-0.4, -0.2) is 26.8 Å². The molecular weight excluding hydrogens is 394 g/mol. The van der Waals surface area contributed by atoms with Crippen LogP contribution in [-0.2, 0) is 6.54 Å². The summed E-state index contributed by atoms with van der Waals surface area (Å²) in [6, 6.07) is 24.9. The standard InChI is InChI=1S/C28H27N3O/c32-28(23-9-6-17-29-19-23)31(20-24-16-18-30-27-11-5-4-10-26(24)27)25-14-12-22(13-15-25)21-7-2-1-3-8-21/h1-11,16-19,22,25H,12-15,20H2. The summed E-state index contributed by atoms with van der Waals surface area (Å²) in [5, 5.41) is 1.11. The van der Waals surface area contributed by atoms with Gasteiger partial charge < -0.3 is 4.90 Å². The number of nitrogens with zero attached hydrogens (tertiary/aromatic N) is 3. The minimum atomic E-state index is 0.0576. The summed E-state index contributed by atoms with van der Waals surface area (Å²) in [7, 11) is 0. The monoisotopic (exact) mass is 421 g/mol. The highest BCUT2D eigenvalue weighted by Crippen LogP contribution is 2.36. The third-order valence-electron chi connectivity index (χ3n) is 6.66. The molecule has 0 spiro atoms. The number of pyridine rings is 2. The highest BCUT2D eigenvalue weighted by Gasteiger charge is 2.30. The maximum absolute atomic E-state index is 13.6. The number of hydrogen-bond donors (Lipinski definition) is 0. The van der Waals surface area contributed by atoms with Gasteiger partial charge in [-0.15, -0.1) is 0 Å². The molecule has 32 heavy (non-hydrogen) atoms. The van der Waals surface area contributed by atoms with E-state index in [0.29, 0.717) is 18.0 Å². The van der Waals surface area contributed by atoms with Crippen molar-refractivity contribution in [1.29, 1.82) is 0 Å². The smallest absolute Gasteiger partial charge is 0.255 e. The van der Waals surface area contributed by atoms with E-state index in [9.17, 15) is 4.79 Å². The molecular formula is C28H27N3O. The maximum atomic E-state index is 13.6. The first-order valence-corrected chi connectivity index (χ1v) is 11.4. The average molecular weight is 422 g/mol. The SMILES string of the molecule is O=C(c1cccnc1)N(Cc1ccnc2ccccc12)C1CCC(c2ccccc2)CC1. The molecule has 2 aromatic carbocycles. The van der Waals surface area contributed by atoms with Crippen molar-refractivity contribution in [1.82, 2.24) is 14.9 Å². The second-order valence-corrected chi connectivity index (χ2v) is 8.58. The Morgan fingerprint density at radius 3 is 2.41 bits per heavy atom. The Morgan fingerprint density at radius 1 is 0.844 bits per heavy atom. The summed E-state index contributed by atoms with van der Waals surface area (Å²) >= 11 is 0. The van der Waals surface area contributed by atoms with Crippen molar-refractivity contribution in [3.05, 3.63) is 108 Å². The van der Waals surface area contributed by atoms with E-state index in [1.165, 1.54) is 5.56 Å². The second kappa shape index (κ2) is 9.31. The van der Waals surface area contributed by atoms with Crippen LogP contribution in [0.15, 0.2) is 91.4 Å². The third-order valence-corrected chi connectivity index (χ3v) is 6.66. The van der Waals surface area contributed by atoms with Crippen LogP contribution in [0.25, 0.3) is 10.9 Å². The fourth-order valence-electron chi connectivity index (χ4n) is 4.94. The molecule has 5 rings (SSSR count). The number of para-hydroxylation sites is 1. The van der Waals surface area contributed by atoms with Gasteiger partial charge >= 0.3 is 0 Å². The van der Waals surface area contributed by atoms with Crippen molar-refractivity contribution in [2.75, 3.05) is 0 Å². The molecule has 4 nitrogen and oxygen atoms in total. The molecule has 0 saturated heterocycles. The number of carbonyl (C=O) groups excluding carboxylic acids is 1. The molecule has 1 saturated carbocycles. The van der Waals surface area contributed by atoms with Crippen LogP contribution in [0.2, 0.25) is 0 Å². The number of amides is 1. The van der Waals surface area contributed by atoms with Crippen LogP contribution in [0.4, 0.5) is 0 Å². The Labute approximate surface area is 189 Å². The third kappa shape index (κ3) is 4.26. The van der Waals surface area contributed by atoms with E-state index in [-0.39, 0.29) is 11.9 Å². The number of hydrogen-bond acceptors (Lipinski definition) is 3. The van der Waals surface area contributed by atoms with Crippen molar-refractivity contribution in [2.24, 2.45) is 0 Å². The predicted molar refractivity (Wildman–Crippen MR) is 127 cm³/mol. The van der Waals surface area contributed by atoms with E-state index in [1.807, 2.05) is 42.6 Å². The number of rotatable bonds is 5. The molecule has 0 unspecified atom stereocenters. The van der Waals surface area contributed by atoms with Gasteiger partial charge in [-0.25, -0.2) is 0 Å². The zero-order valence-electron chi connectivity index (χ0n) is 18.1. The molecule has 1 fully saturated rings. The molecule has 1 amide bonds. The van der Waals surface area contributed by atoms with Gasteiger partial charge in [-0.05, 0) is 67.0 Å². The quantitative estimate of drug-likeness (QED) is 0.397. The lowest BCUT2D eigenvalue weighted by Crippen LogP contribution is -2.41. The molecule has 2 aromatic heterocycles. The van der Waals surface area contributed by atoms with Gasteiger partial charge in [0.1, 0.15) is 0 Å². The van der Waals surface area contributed by atoms with Gasteiger partial charge in [0.05, 0.1) is 11.1 Å². The summed E-state index contributed by atoms with van der Waals surface area (Å²) in [5.41, 5.74) is 4.16. The second-order valence-electron chi connectivity index (χ2n) is 8.58. The van der Waals surface area contributed by atoms with Gasteiger partial charge in [-0.1, -0.05) is 48.5 Å². The fraction of sp³-hybridized carbons (Fsp3) is 0.250. The van der Waals surface area contributed by atoms with Gasteiger partial charge in [0.25, 0.3) is 5.91 Å². The summed E-state index contributed by atoms with van der Waals surface area (Å²) in [6.45, 7) is 0.581. The molecule has 0 radical (unpaired) electrons. The first-order chi connectivity index (χ1) is 15.8. The first-order valence-electron chi connectivity index (χ1n) is 11.4. The number of carbonyl (C=O) groups is 1. The number of fused-ring (bicyclic) bond motifs is 1. The largest absolute Gasteiger partial charge is 0.331 e. The molecule has 1 aliphatic carbocycles. The van der Waals surface area contributed by atoms with E-state index in [4.69, 9.17) is 0 Å². The molecule has 4 aromatic rings. The highest BCUT2D eigenvalue weighted by atomic mass is 16.2. The molecule has 0 N–H and O–H groups in total. The Morgan fingerprint density at radius 2 is 1.62 bits per heavy atom. The van der Waals surface area contributed by atoms with E-state index < -0.39 is 0 Å². The lowest BCUT2D eigenvalue weighted by atomic mass is 9.81. The molecule has 2 heterocycles. The van der Waals surface area contributed by atoms with Gasteiger partial charge in [0.2, 0.25) is 0 Å². The number of aromatic nitrogens is 2. The predicted octanol–water partition coefficient (Wildman–Crippen LogP) is 6.00. The highest BCUT2D eigenvalue weighted by molar-refractivity contribution is 5.94. The van der Waals surface area contributed by atoms with E-state index in [1.54, 1.807) is 12.4 Å². The van der Waals surface area contributed by atoms with Crippen LogP contribution >= 0.6 is 0 Å². The maximum Gasteiger partial charge on any atom is 0.255 e. The van der Waals surface area contributed by atoms with Gasteiger partial charge in [-0.2, -0.15) is 0 Å². The normalized spacial score (nSPS) is 18.4. The molecule has 0 aliphatic heterocycles. The van der Waals surface area contributed by atoms with Gasteiger partial charge in [0.15, 0.2) is 0 Å². The van der Waals surface area contributed by atoms with Crippen LogP contribution in [0, 0.1) is 0 Å². The van der Waals surface area contributed by atoms with E-state index in [2.05, 4.69) is 51.3 Å². The van der Waals surface area contributed by atoms with Crippen molar-refractivity contribution in [2.45, 2.75) is 44.2 Å². The molecule has 160 valence electrons. The minimum Gasteiger partial charge on any atom is -0.331 e. The summed E-state index contributed by atoms with van der Waals surface area (Å²) in [5.74, 6) is 0.631. The van der Waals surface area contributed by atoms with Gasteiger partial charge in [0, 0.05) is 36.6 Å². The molecule has 0 atom stereocenters. The first kappa shape index (κ1) is 20.4. The van der Waals surface area contributed by atoms with Crippen LogP contribution in [0.3, 0.4) is 0 Å². The summed E-state index contributed by atoms with van der Waals surface area (Å²) in [6.07, 6.45) is 9.45. The molecule has 4 heteroatoms. The Hall–Kier alpha value is -3.53. The zero-order chi connectivity index (χ0) is 21.8. The Bertz CT molecular complexity index is 1180. The minimum absolute atomic E-state index is 0.0576. The van der Waals surface area contributed by atoms with Crippen LogP contribution in [0.5, 0.6) is 0 Å². The van der Waals surface area contributed by atoms with Crippen LogP contribution in [0.1, 0.15) is 53.1 Å². The lowest BCUT2D eigenvalue weighted by molar-refractivity contribution is 0.0606. The molecule has 0 bridgehead atoms. The zero-order valence-corrected chi connectivity index (χ0v) is 18.1. The Kier molecular flexibility index (Phi) is 5.93. The van der Waals surface area contributed by atoms with E-state index in [0.717, 1.165) is 42.1 Å². The van der Waals surface area contributed by atoms with Crippen molar-refractivity contribution in [3.8, 4) is 0 Å². The topological polar surface area (TPSA) is 46.1 Å². The molecule has 1 aliphatic rings. The Balaban J connectivity index is 1.42. The van der Waals surface area contributed by atoms with Crippen molar-refractivity contribution < 1.29 is 4.79 Å². The summed E-state index contributed by atoms with van der Waals surface area (Å²) < 4.78 is 0.